The highest BCUT2D eigenvalue weighted by molar-refractivity contribution is 6.17. The van der Waals surface area contributed by atoms with Gasteiger partial charge in [-0.2, -0.15) is 4.99 Å². The average molecular weight is 920 g/mol. The summed E-state index contributed by atoms with van der Waals surface area (Å²) in [6, 6.07) is 5.35. The molecule has 3 aromatic rings. The van der Waals surface area contributed by atoms with E-state index in [2.05, 4.69) is 18.1 Å². The third kappa shape index (κ3) is 6.47. The van der Waals surface area contributed by atoms with Crippen LogP contribution in [0.1, 0.15) is 98.5 Å². The number of hydrogen-bond acceptors (Lipinski definition) is 13. The Hall–Kier alpha value is -6.18. The van der Waals surface area contributed by atoms with Gasteiger partial charge in [0.15, 0.2) is 23.2 Å². The number of nitrogens with zero attached hydrogens (tertiary/aromatic N) is 2. The number of hydrogen-bond donors (Lipinski definition) is 5. The first-order valence-electron chi connectivity index (χ1n) is 23.6. The predicted molar refractivity (Wildman–Crippen MR) is 249 cm³/mol. The summed E-state index contributed by atoms with van der Waals surface area (Å²) in [5.41, 5.74) is 6.62. The number of ether oxygens (including phenoxy) is 5. The van der Waals surface area contributed by atoms with Gasteiger partial charge in [-0.05, 0) is 96.4 Å². The normalized spacial score (nSPS) is 30.0. The van der Waals surface area contributed by atoms with Gasteiger partial charge in [0.1, 0.15) is 47.2 Å². The van der Waals surface area contributed by atoms with E-state index in [4.69, 9.17) is 28.7 Å². The fraction of sp³-hybridized carbons (Fsp3) is 0.407. The number of phenols is 1. The summed E-state index contributed by atoms with van der Waals surface area (Å²) in [7, 11) is 1.56. The molecule has 9 aliphatic rings. The largest absolute Gasteiger partial charge is 0.506 e. The third-order valence-electron chi connectivity index (χ3n) is 15.5. The predicted octanol–water partition coefficient (Wildman–Crippen LogP) is 5.30. The maximum atomic E-state index is 15.3. The van der Waals surface area contributed by atoms with Crippen LogP contribution in [0, 0.1) is 24.4 Å². The number of aryl methyl sites for hydroxylation is 1. The number of ketones is 1. The van der Waals surface area contributed by atoms with Crippen molar-refractivity contribution in [2.24, 2.45) is 10.9 Å². The lowest BCUT2D eigenvalue weighted by molar-refractivity contribution is -0.327. The number of methoxy groups -OCH3 is 1. The summed E-state index contributed by atoms with van der Waals surface area (Å²) in [6.45, 7) is -1.36. The first-order chi connectivity index (χ1) is 33.1. The number of aliphatic hydroxyl groups excluding tert-OH is 3. The number of phenolic OH excluding ortho intramolecular Hbond substituents is 1. The smallest absolute Gasteiger partial charge is 0.254 e. The van der Waals surface area contributed by atoms with Gasteiger partial charge in [0.25, 0.3) is 5.91 Å². The zero-order valence-corrected chi connectivity index (χ0v) is 37.5. The Kier molecular flexibility index (Phi) is 10.5. The Morgan fingerprint density at radius 1 is 1.07 bits per heavy atom. The quantitative estimate of drug-likeness (QED) is 0.158. The molecule has 0 radical (unpaired) electrons. The van der Waals surface area contributed by atoms with Crippen LogP contribution in [0.25, 0.3) is 22.4 Å². The fourth-order valence-corrected chi connectivity index (χ4v) is 12.2. The van der Waals surface area contributed by atoms with Crippen LogP contribution >= 0.6 is 0 Å². The first kappa shape index (κ1) is 43.1. The van der Waals surface area contributed by atoms with Crippen molar-refractivity contribution in [3.8, 4) is 29.3 Å². The zero-order chi connectivity index (χ0) is 46.6. The number of rotatable bonds is 6. The molecule has 1 saturated heterocycles. The molecule has 5 aliphatic heterocycles. The minimum absolute atomic E-state index is 0.00862. The third-order valence-corrected chi connectivity index (χ3v) is 15.5. The van der Waals surface area contributed by atoms with E-state index in [1.165, 1.54) is 4.90 Å². The lowest BCUT2D eigenvalue weighted by Gasteiger charge is -2.47. The van der Waals surface area contributed by atoms with Gasteiger partial charge in [-0.25, -0.2) is 0 Å². The van der Waals surface area contributed by atoms with Crippen LogP contribution in [0.15, 0.2) is 69.9 Å². The Morgan fingerprint density at radius 2 is 1.96 bits per heavy atom. The molecule has 5 heterocycles. The number of carbonyl (C=O) groups excluding carboxylic acids is 2. The molecule has 2 fully saturated rings. The van der Waals surface area contributed by atoms with Crippen molar-refractivity contribution >= 4 is 40.3 Å². The SMILES string of the molecule is COc1c2c3c4c(O)c(c5c6c4c1CCC6=C[C@@H]1CCC[C@H]51)C(=O)CN1Cc4c(cccc4C1=O)CC#CO[C@H]1[C@H](O)[C@@H](CO[C@@H](C4=C5[CH+]C(CCCO)=CC=C5N=C4)/C=C\2)O[C@H](O3)[C@@]1(O)CO. The molecule has 0 unspecified atom stereocenters. The Bertz CT molecular complexity index is 2990. The van der Waals surface area contributed by atoms with Crippen LogP contribution in [-0.2, 0) is 33.6 Å². The van der Waals surface area contributed by atoms with Gasteiger partial charge in [0.05, 0.1) is 55.2 Å². The van der Waals surface area contributed by atoms with E-state index in [0.29, 0.717) is 53.5 Å². The van der Waals surface area contributed by atoms with E-state index in [-0.39, 0.29) is 72.9 Å². The molecule has 3 aromatic carbocycles. The van der Waals surface area contributed by atoms with Crippen molar-refractivity contribution in [1.29, 1.82) is 0 Å². The topological polar surface area (TPSA) is 197 Å². The lowest BCUT2D eigenvalue weighted by Crippen LogP contribution is -2.70. The van der Waals surface area contributed by atoms with E-state index < -0.39 is 48.7 Å². The second-order valence-corrected chi connectivity index (χ2v) is 19.2. The van der Waals surface area contributed by atoms with Crippen LogP contribution in [-0.4, -0.2) is 118 Å². The zero-order valence-electron chi connectivity index (χ0n) is 37.5. The number of aliphatic imine (C=N–C) groups is 1. The average Bonchev–Trinajstić information content (AvgIpc) is 4.07. The number of fused-ring (bicyclic) bond motifs is 8. The standard InChI is InChI=1S/C54H50N2O12/c1-64-49-33-14-13-30-21-29-8-3-10-31(29)43-42(30)44(33)46-48(61)45(43)39(59)24-56-23-37-28(7-2-11-32(37)52(56)62)9-5-19-65-51-47(60)41-25-66-40(17-15-34(49)50(46)68-53(67-41)54(51,63)26-58)36-22-55-38-16-12-27(6-4-18-57)20-35(36)38/h2,7,11-12,15-17,20-22,29,31,40-41,47,51,53,57-58,60,63H,3-4,6,8-10,13-14,18,23-26H2,1H3/p+1/b17-15-/t29-,31-,40+,41+,47+,51-,53+,54+/m0/s1. The van der Waals surface area contributed by atoms with E-state index in [9.17, 15) is 30.3 Å². The lowest BCUT2D eigenvalue weighted by atomic mass is 9.69. The highest BCUT2D eigenvalue weighted by Gasteiger charge is 2.59. The summed E-state index contributed by atoms with van der Waals surface area (Å²) in [5.74, 6) is 2.45. The Balaban J connectivity index is 1.13. The van der Waals surface area contributed by atoms with Gasteiger partial charge in [0, 0.05) is 60.2 Å². The van der Waals surface area contributed by atoms with E-state index >= 15 is 4.79 Å². The number of carbonyl (C=O) groups is 2. The minimum Gasteiger partial charge on any atom is -0.506 e. The Labute approximate surface area is 392 Å². The molecule has 8 bridgehead atoms. The number of benzene rings is 3. The number of allylic oxidation sites excluding steroid dienone is 6. The first-order valence-corrected chi connectivity index (χ1v) is 23.6. The molecule has 4 aliphatic carbocycles. The van der Waals surface area contributed by atoms with Crippen LogP contribution in [0.2, 0.25) is 0 Å². The van der Waals surface area contributed by atoms with Crippen LogP contribution in [0.5, 0.6) is 17.2 Å². The summed E-state index contributed by atoms with van der Waals surface area (Å²) in [6.07, 6.45) is 14.4. The van der Waals surface area contributed by atoms with Crippen molar-refractivity contribution < 1.29 is 58.8 Å². The monoisotopic (exact) mass is 919 g/mol. The molecule has 0 spiro atoms. The molecule has 12 rings (SSSR count). The molecule has 14 heteroatoms. The molecular formula is C54H51N2O12+. The number of amides is 1. The van der Waals surface area contributed by atoms with Gasteiger partial charge >= 0.3 is 0 Å². The maximum Gasteiger partial charge on any atom is 0.254 e. The van der Waals surface area contributed by atoms with E-state index in [1.807, 2.05) is 30.7 Å². The van der Waals surface area contributed by atoms with E-state index in [1.54, 1.807) is 31.5 Å². The van der Waals surface area contributed by atoms with Crippen LogP contribution in [0.4, 0.5) is 0 Å². The molecule has 1 saturated carbocycles. The second-order valence-electron chi connectivity index (χ2n) is 19.2. The van der Waals surface area contributed by atoms with Gasteiger partial charge in [-0.3, -0.25) is 9.59 Å². The molecule has 8 atom stereocenters. The number of Topliss-reactive ketones (excluding diaryl/α,β-unsaturated/α-hetero) is 1. The highest BCUT2D eigenvalue weighted by Crippen LogP contribution is 2.60. The number of aromatic hydroxyl groups is 1. The number of aliphatic hydroxyl groups is 4. The van der Waals surface area contributed by atoms with Gasteiger partial charge < -0.3 is 54.1 Å². The summed E-state index contributed by atoms with van der Waals surface area (Å²) >= 11 is 0. The summed E-state index contributed by atoms with van der Waals surface area (Å²) in [4.78, 5) is 35.7. The van der Waals surface area contributed by atoms with Crippen molar-refractivity contribution in [1.82, 2.24) is 4.90 Å². The summed E-state index contributed by atoms with van der Waals surface area (Å²) in [5, 5.41) is 59.6. The molecule has 68 heavy (non-hydrogen) atoms. The molecule has 348 valence electrons. The molecule has 5 N–H and O–H groups in total. The molecule has 14 nitrogen and oxygen atoms in total. The summed E-state index contributed by atoms with van der Waals surface area (Å²) < 4.78 is 32.6. The Morgan fingerprint density at radius 3 is 2.79 bits per heavy atom. The maximum absolute atomic E-state index is 15.3. The van der Waals surface area contributed by atoms with Gasteiger partial charge in [-0.15, -0.1) is 0 Å². The van der Waals surface area contributed by atoms with Crippen molar-refractivity contribution in [2.75, 3.05) is 33.5 Å². The minimum atomic E-state index is -2.47. The highest BCUT2D eigenvalue weighted by atomic mass is 16.7. The van der Waals surface area contributed by atoms with Crippen LogP contribution in [0.3, 0.4) is 0 Å². The van der Waals surface area contributed by atoms with Gasteiger partial charge in [0.2, 0.25) is 6.29 Å². The fourth-order valence-electron chi connectivity index (χ4n) is 12.2. The molecule has 1 amide bonds. The van der Waals surface area contributed by atoms with Crippen LogP contribution < -0.4 is 9.47 Å². The van der Waals surface area contributed by atoms with Crippen molar-refractivity contribution in [3.63, 3.8) is 0 Å². The van der Waals surface area contributed by atoms with Crippen molar-refractivity contribution in [3.05, 3.63) is 116 Å². The van der Waals surface area contributed by atoms with Crippen molar-refractivity contribution in [2.45, 2.75) is 100 Å². The van der Waals surface area contributed by atoms with E-state index in [0.717, 1.165) is 69.5 Å². The molecular weight excluding hydrogens is 869 g/mol. The second kappa shape index (κ2) is 16.5. The molecule has 0 aromatic heterocycles. The van der Waals surface area contributed by atoms with Gasteiger partial charge in [-0.1, -0.05) is 30.6 Å².